The van der Waals surface area contributed by atoms with Gasteiger partial charge in [-0.1, -0.05) is 0 Å². The SMILES string of the molecule is COS(=O)(=O)c1cc(C)c(S(=O)(=O)OC)c([N+](=O)[O-])c1. The van der Waals surface area contributed by atoms with Crippen LogP contribution in [0.3, 0.4) is 0 Å². The molecule has 0 aromatic heterocycles. The van der Waals surface area contributed by atoms with Gasteiger partial charge in [0.25, 0.3) is 15.8 Å². The van der Waals surface area contributed by atoms with Crippen LogP contribution < -0.4 is 0 Å². The van der Waals surface area contributed by atoms with Crippen molar-refractivity contribution in [1.29, 1.82) is 0 Å². The maximum absolute atomic E-state index is 11.7. The van der Waals surface area contributed by atoms with Crippen LogP contribution >= 0.6 is 0 Å². The molecule has 0 unspecified atom stereocenters. The minimum atomic E-state index is -4.35. The number of hydrogen-bond acceptors (Lipinski definition) is 8. The lowest BCUT2D eigenvalue weighted by Gasteiger charge is -2.09. The largest absolute Gasteiger partial charge is 0.303 e. The fourth-order valence-electron chi connectivity index (χ4n) is 1.51. The number of rotatable bonds is 5. The Labute approximate surface area is 115 Å². The van der Waals surface area contributed by atoms with E-state index in [2.05, 4.69) is 8.37 Å². The first-order valence-corrected chi connectivity index (χ1v) is 7.78. The van der Waals surface area contributed by atoms with Gasteiger partial charge < -0.3 is 0 Å². The zero-order valence-electron chi connectivity index (χ0n) is 10.7. The third kappa shape index (κ3) is 2.95. The summed E-state index contributed by atoms with van der Waals surface area (Å²) < 4.78 is 54.9. The summed E-state index contributed by atoms with van der Waals surface area (Å²) in [6, 6.07) is 1.56. The molecule has 0 bridgehead atoms. The molecule has 20 heavy (non-hydrogen) atoms. The van der Waals surface area contributed by atoms with Crippen LogP contribution in [0.4, 0.5) is 5.69 Å². The van der Waals surface area contributed by atoms with Crippen LogP contribution in [-0.2, 0) is 28.6 Å². The first-order valence-electron chi connectivity index (χ1n) is 4.97. The molecule has 0 N–H and O–H groups in total. The standard InChI is InChI=1S/C9H11NO8S2/c1-6-4-7(19(13,14)17-2)5-8(10(11)12)9(6)20(15,16)18-3/h4-5H,1-3H3. The number of benzene rings is 1. The number of hydrogen-bond donors (Lipinski definition) is 0. The second-order valence-electron chi connectivity index (χ2n) is 3.59. The number of aryl methyl sites for hydroxylation is 1. The molecule has 0 aliphatic heterocycles. The van der Waals surface area contributed by atoms with Crippen molar-refractivity contribution in [3.05, 3.63) is 27.8 Å². The Kier molecular flexibility index (Phi) is 4.49. The van der Waals surface area contributed by atoms with Gasteiger partial charge in [-0.15, -0.1) is 0 Å². The van der Waals surface area contributed by atoms with Gasteiger partial charge in [-0.05, 0) is 18.6 Å². The Morgan fingerprint density at radius 1 is 1.05 bits per heavy atom. The molecule has 1 rings (SSSR count). The molecule has 0 aliphatic carbocycles. The highest BCUT2D eigenvalue weighted by atomic mass is 32.2. The van der Waals surface area contributed by atoms with Gasteiger partial charge in [0.2, 0.25) is 0 Å². The summed E-state index contributed by atoms with van der Waals surface area (Å²) in [5.41, 5.74) is -1.04. The van der Waals surface area contributed by atoms with E-state index in [-0.39, 0.29) is 5.56 Å². The highest BCUT2D eigenvalue weighted by Gasteiger charge is 2.31. The summed E-state index contributed by atoms with van der Waals surface area (Å²) in [5.74, 6) is 0. The number of nitrogens with zero attached hydrogens (tertiary/aromatic N) is 1. The first kappa shape index (κ1) is 16.5. The van der Waals surface area contributed by atoms with Crippen molar-refractivity contribution in [3.63, 3.8) is 0 Å². The van der Waals surface area contributed by atoms with Crippen LogP contribution in [0.2, 0.25) is 0 Å². The second kappa shape index (κ2) is 5.44. The lowest BCUT2D eigenvalue weighted by molar-refractivity contribution is -0.388. The first-order chi connectivity index (χ1) is 9.06. The van der Waals surface area contributed by atoms with E-state index in [0.29, 0.717) is 6.07 Å². The van der Waals surface area contributed by atoms with Crippen molar-refractivity contribution in [2.24, 2.45) is 0 Å². The van der Waals surface area contributed by atoms with Crippen molar-refractivity contribution in [3.8, 4) is 0 Å². The Hall–Kier alpha value is -1.56. The van der Waals surface area contributed by atoms with E-state index in [1.54, 1.807) is 0 Å². The van der Waals surface area contributed by atoms with Gasteiger partial charge in [0.15, 0.2) is 4.90 Å². The Morgan fingerprint density at radius 3 is 1.95 bits per heavy atom. The van der Waals surface area contributed by atoms with Crippen LogP contribution in [0.5, 0.6) is 0 Å². The van der Waals surface area contributed by atoms with Crippen LogP contribution in [0.15, 0.2) is 21.9 Å². The van der Waals surface area contributed by atoms with E-state index >= 15 is 0 Å². The van der Waals surface area contributed by atoms with Gasteiger partial charge in [-0.3, -0.25) is 18.5 Å². The number of nitro groups is 1. The molecule has 1 aromatic carbocycles. The van der Waals surface area contributed by atoms with Crippen molar-refractivity contribution in [2.45, 2.75) is 16.7 Å². The zero-order valence-corrected chi connectivity index (χ0v) is 12.3. The molecule has 0 heterocycles. The predicted octanol–water partition coefficient (Wildman–Crippen LogP) is 0.573. The molecule has 1 aromatic rings. The van der Waals surface area contributed by atoms with Gasteiger partial charge in [-0.25, -0.2) is 0 Å². The minimum Gasteiger partial charge on any atom is -0.270 e. The molecule has 0 atom stereocenters. The summed E-state index contributed by atoms with van der Waals surface area (Å²) in [6.07, 6.45) is 0. The fourth-order valence-corrected chi connectivity index (χ4v) is 3.29. The molecule has 112 valence electrons. The van der Waals surface area contributed by atoms with Gasteiger partial charge in [0.1, 0.15) is 4.90 Å². The van der Waals surface area contributed by atoms with Crippen LogP contribution in [0, 0.1) is 17.0 Å². The smallest absolute Gasteiger partial charge is 0.270 e. The van der Waals surface area contributed by atoms with Crippen LogP contribution in [0.1, 0.15) is 5.56 Å². The third-order valence-corrected chi connectivity index (χ3v) is 5.12. The average Bonchev–Trinajstić information content (AvgIpc) is 2.37. The lowest BCUT2D eigenvalue weighted by Crippen LogP contribution is -2.11. The van der Waals surface area contributed by atoms with E-state index in [1.165, 1.54) is 6.92 Å². The molecule has 0 aliphatic rings. The lowest BCUT2D eigenvalue weighted by atomic mass is 10.2. The van der Waals surface area contributed by atoms with E-state index in [4.69, 9.17) is 0 Å². The van der Waals surface area contributed by atoms with E-state index in [0.717, 1.165) is 20.3 Å². The summed E-state index contributed by atoms with van der Waals surface area (Å²) in [4.78, 5) is 8.74. The van der Waals surface area contributed by atoms with Crippen LogP contribution in [-0.4, -0.2) is 36.0 Å². The molecular weight excluding hydrogens is 314 g/mol. The summed E-state index contributed by atoms with van der Waals surface area (Å²) in [5, 5.41) is 11.0. The average molecular weight is 325 g/mol. The number of nitro benzene ring substituents is 1. The molecule has 9 nitrogen and oxygen atoms in total. The van der Waals surface area contributed by atoms with Gasteiger partial charge in [0, 0.05) is 6.07 Å². The van der Waals surface area contributed by atoms with Gasteiger partial charge in [0.05, 0.1) is 19.1 Å². The van der Waals surface area contributed by atoms with Gasteiger partial charge in [-0.2, -0.15) is 16.8 Å². The van der Waals surface area contributed by atoms with E-state index < -0.39 is 40.6 Å². The van der Waals surface area contributed by atoms with Crippen molar-refractivity contribution in [1.82, 2.24) is 0 Å². The molecule has 0 spiro atoms. The monoisotopic (exact) mass is 325 g/mol. The van der Waals surface area contributed by atoms with Crippen LogP contribution in [0.25, 0.3) is 0 Å². The molecule has 0 radical (unpaired) electrons. The van der Waals surface area contributed by atoms with E-state index in [9.17, 15) is 26.9 Å². The predicted molar refractivity (Wildman–Crippen MR) is 66.2 cm³/mol. The fraction of sp³-hybridized carbons (Fsp3) is 0.333. The zero-order chi connectivity index (χ0) is 15.7. The normalized spacial score (nSPS) is 12.3. The summed E-state index contributed by atoms with van der Waals surface area (Å²) in [6.45, 7) is 1.22. The maximum Gasteiger partial charge on any atom is 0.303 e. The Balaban J connectivity index is 3.80. The summed E-state index contributed by atoms with van der Waals surface area (Å²) >= 11 is 0. The quantitative estimate of drug-likeness (QED) is 0.436. The molecule has 0 amide bonds. The highest BCUT2D eigenvalue weighted by molar-refractivity contribution is 7.87. The molecular formula is C9H11NO8S2. The molecule has 0 saturated carbocycles. The molecule has 0 fully saturated rings. The maximum atomic E-state index is 11.7. The Morgan fingerprint density at radius 2 is 1.55 bits per heavy atom. The molecule has 11 heteroatoms. The van der Waals surface area contributed by atoms with E-state index in [1.807, 2.05) is 0 Å². The minimum absolute atomic E-state index is 0.142. The van der Waals surface area contributed by atoms with Crippen molar-refractivity contribution < 1.29 is 30.1 Å². The highest BCUT2D eigenvalue weighted by Crippen LogP contribution is 2.32. The van der Waals surface area contributed by atoms with Gasteiger partial charge >= 0.3 is 10.1 Å². The van der Waals surface area contributed by atoms with Crippen molar-refractivity contribution >= 4 is 25.9 Å². The topological polar surface area (TPSA) is 130 Å². The molecule has 0 saturated heterocycles. The van der Waals surface area contributed by atoms with Crippen molar-refractivity contribution in [2.75, 3.05) is 14.2 Å². The second-order valence-corrected chi connectivity index (χ2v) is 6.95. The Bertz CT molecular complexity index is 750. The third-order valence-electron chi connectivity index (χ3n) is 2.40. The summed E-state index contributed by atoms with van der Waals surface area (Å²) in [7, 11) is -6.81.